The Kier molecular flexibility index (Phi) is 23.8. The smallest absolute Gasteiger partial charge is 0.330 e. The SMILES string of the molecule is COc1cc(C=CC(=O)OCCCCCCCCCCCCCCCCCCCCCCCCC(C)=O)ccc1O. The number of hydrogen-bond donors (Lipinski definition) is 1. The van der Waals surface area contributed by atoms with Crippen molar-refractivity contribution in [3.8, 4) is 11.5 Å². The van der Waals surface area contributed by atoms with Gasteiger partial charge in [-0.1, -0.05) is 134 Å². The molecule has 0 aliphatic carbocycles. The number of ether oxygens (including phenoxy) is 2. The fraction of sp³-hybridized carbons (Fsp3) is 0.722. The molecule has 0 radical (unpaired) electrons. The first-order chi connectivity index (χ1) is 20.0. The lowest BCUT2D eigenvalue weighted by molar-refractivity contribution is -0.137. The first kappa shape index (κ1) is 36.7. The summed E-state index contributed by atoms with van der Waals surface area (Å²) in [5.41, 5.74) is 0.773. The van der Waals surface area contributed by atoms with Crippen molar-refractivity contribution in [3.05, 3.63) is 29.8 Å². The Labute approximate surface area is 251 Å². The van der Waals surface area contributed by atoms with Crippen LogP contribution < -0.4 is 4.74 Å². The number of ketones is 1. The van der Waals surface area contributed by atoms with Crippen molar-refractivity contribution in [3.63, 3.8) is 0 Å². The standard InChI is InChI=1S/C36H60O5/c1-32(37)25-23-21-19-17-15-13-11-9-7-5-3-4-6-8-10-12-14-16-18-20-22-24-30-41-36(39)29-27-33-26-28-34(38)35(31-33)40-2/h26-29,31,38H,3-25,30H2,1-2H3. The predicted molar refractivity (Wildman–Crippen MR) is 172 cm³/mol. The van der Waals surface area contributed by atoms with Gasteiger partial charge >= 0.3 is 5.97 Å². The van der Waals surface area contributed by atoms with E-state index in [9.17, 15) is 14.7 Å². The van der Waals surface area contributed by atoms with Gasteiger partial charge in [-0.3, -0.25) is 0 Å². The zero-order chi connectivity index (χ0) is 29.8. The van der Waals surface area contributed by atoms with Gasteiger partial charge in [0.25, 0.3) is 0 Å². The molecule has 0 fully saturated rings. The minimum atomic E-state index is -0.339. The molecule has 1 rings (SSSR count). The van der Waals surface area contributed by atoms with Crippen LogP contribution in [0.25, 0.3) is 6.08 Å². The monoisotopic (exact) mass is 572 g/mol. The zero-order valence-electron chi connectivity index (χ0n) is 26.4. The van der Waals surface area contributed by atoms with Crippen LogP contribution >= 0.6 is 0 Å². The Morgan fingerprint density at radius 1 is 0.659 bits per heavy atom. The molecule has 41 heavy (non-hydrogen) atoms. The third kappa shape index (κ3) is 23.0. The molecule has 5 heteroatoms. The molecule has 234 valence electrons. The van der Waals surface area contributed by atoms with Gasteiger partial charge in [0.2, 0.25) is 0 Å². The van der Waals surface area contributed by atoms with Gasteiger partial charge in [0.15, 0.2) is 11.5 Å². The Morgan fingerprint density at radius 3 is 1.49 bits per heavy atom. The van der Waals surface area contributed by atoms with Crippen molar-refractivity contribution in [2.75, 3.05) is 13.7 Å². The highest BCUT2D eigenvalue weighted by molar-refractivity contribution is 5.87. The van der Waals surface area contributed by atoms with Gasteiger partial charge in [0.1, 0.15) is 5.78 Å². The van der Waals surface area contributed by atoms with Crippen LogP contribution in [0, 0.1) is 0 Å². The lowest BCUT2D eigenvalue weighted by atomic mass is 10.0. The van der Waals surface area contributed by atoms with Crippen molar-refractivity contribution < 1.29 is 24.2 Å². The highest BCUT2D eigenvalue weighted by atomic mass is 16.5. The number of rotatable bonds is 28. The molecule has 0 aliphatic heterocycles. The quantitative estimate of drug-likeness (QED) is 0.0614. The van der Waals surface area contributed by atoms with Crippen LogP contribution in [0.1, 0.15) is 160 Å². The topological polar surface area (TPSA) is 72.8 Å². The highest BCUT2D eigenvalue weighted by Gasteiger charge is 2.02. The van der Waals surface area contributed by atoms with Crippen LogP contribution in [-0.2, 0) is 14.3 Å². The summed E-state index contributed by atoms with van der Waals surface area (Å²) in [7, 11) is 1.50. The van der Waals surface area contributed by atoms with Gasteiger partial charge in [0.05, 0.1) is 13.7 Å². The third-order valence-corrected chi connectivity index (χ3v) is 7.78. The maximum atomic E-state index is 11.9. The molecular formula is C36H60O5. The first-order valence-corrected chi connectivity index (χ1v) is 16.7. The van der Waals surface area contributed by atoms with E-state index in [1.54, 1.807) is 31.2 Å². The van der Waals surface area contributed by atoms with Gasteiger partial charge < -0.3 is 19.4 Å². The molecule has 1 aromatic carbocycles. The van der Waals surface area contributed by atoms with E-state index in [1.165, 1.54) is 135 Å². The Morgan fingerprint density at radius 2 is 1.07 bits per heavy atom. The summed E-state index contributed by atoms with van der Waals surface area (Å²) in [6.07, 6.45) is 32.7. The van der Waals surface area contributed by atoms with E-state index >= 15 is 0 Å². The van der Waals surface area contributed by atoms with Crippen molar-refractivity contribution in [1.29, 1.82) is 0 Å². The van der Waals surface area contributed by atoms with E-state index in [-0.39, 0.29) is 11.7 Å². The summed E-state index contributed by atoms with van der Waals surface area (Å²) >= 11 is 0. The van der Waals surface area contributed by atoms with E-state index in [2.05, 4.69) is 0 Å². The Balaban J connectivity index is 1.77. The molecule has 0 spiro atoms. The number of aromatic hydroxyl groups is 1. The number of phenols is 1. The molecule has 0 saturated carbocycles. The lowest BCUT2D eigenvalue weighted by Gasteiger charge is -2.05. The van der Waals surface area contributed by atoms with E-state index in [1.807, 2.05) is 0 Å². The molecule has 0 heterocycles. The van der Waals surface area contributed by atoms with Crippen molar-refractivity contribution >= 4 is 17.8 Å². The largest absolute Gasteiger partial charge is 0.504 e. The predicted octanol–water partition coefficient (Wildman–Crippen LogP) is 10.5. The second-order valence-corrected chi connectivity index (χ2v) is 11.7. The number of esters is 1. The molecule has 1 aromatic rings. The van der Waals surface area contributed by atoms with Crippen molar-refractivity contribution in [1.82, 2.24) is 0 Å². The van der Waals surface area contributed by atoms with Crippen LogP contribution in [0.2, 0.25) is 0 Å². The Hall–Kier alpha value is -2.30. The van der Waals surface area contributed by atoms with Crippen LogP contribution in [0.15, 0.2) is 24.3 Å². The van der Waals surface area contributed by atoms with Gasteiger partial charge in [-0.15, -0.1) is 0 Å². The number of carbonyl (C=O) groups is 2. The number of phenolic OH excluding ortho intramolecular Hbond substituents is 1. The minimum Gasteiger partial charge on any atom is -0.504 e. The van der Waals surface area contributed by atoms with Gasteiger partial charge in [-0.25, -0.2) is 4.79 Å². The number of methoxy groups -OCH3 is 1. The van der Waals surface area contributed by atoms with Crippen molar-refractivity contribution in [2.24, 2.45) is 0 Å². The third-order valence-electron chi connectivity index (χ3n) is 7.78. The minimum absolute atomic E-state index is 0.0764. The molecule has 1 N–H and O–H groups in total. The summed E-state index contributed by atoms with van der Waals surface area (Å²) in [4.78, 5) is 22.8. The second-order valence-electron chi connectivity index (χ2n) is 11.7. The molecule has 0 saturated heterocycles. The summed E-state index contributed by atoms with van der Waals surface area (Å²) in [5.74, 6) is 0.451. The Bertz CT molecular complexity index is 816. The molecular weight excluding hydrogens is 512 g/mol. The molecule has 0 amide bonds. The summed E-state index contributed by atoms with van der Waals surface area (Å²) in [6, 6.07) is 4.94. The first-order valence-electron chi connectivity index (χ1n) is 16.7. The van der Waals surface area contributed by atoms with E-state index in [0.29, 0.717) is 18.1 Å². The fourth-order valence-corrected chi connectivity index (χ4v) is 5.19. The maximum Gasteiger partial charge on any atom is 0.330 e. The highest BCUT2D eigenvalue weighted by Crippen LogP contribution is 2.26. The fourth-order valence-electron chi connectivity index (χ4n) is 5.19. The second kappa shape index (κ2) is 26.6. The van der Waals surface area contributed by atoms with E-state index in [0.717, 1.165) is 31.2 Å². The van der Waals surface area contributed by atoms with Gasteiger partial charge in [0, 0.05) is 12.5 Å². The number of Topliss-reactive ketones (excluding diaryl/α,β-unsaturated/α-hetero) is 1. The van der Waals surface area contributed by atoms with Crippen LogP contribution in [0.5, 0.6) is 11.5 Å². The zero-order valence-corrected chi connectivity index (χ0v) is 26.4. The number of benzene rings is 1. The normalized spacial score (nSPS) is 11.3. The maximum absolute atomic E-state index is 11.9. The summed E-state index contributed by atoms with van der Waals surface area (Å²) in [5, 5.41) is 9.62. The molecule has 0 aliphatic rings. The molecule has 5 nitrogen and oxygen atoms in total. The average Bonchev–Trinajstić information content (AvgIpc) is 2.96. The average molecular weight is 573 g/mol. The van der Waals surface area contributed by atoms with E-state index in [4.69, 9.17) is 9.47 Å². The molecule has 0 unspecified atom stereocenters. The van der Waals surface area contributed by atoms with E-state index < -0.39 is 0 Å². The summed E-state index contributed by atoms with van der Waals surface area (Å²) < 4.78 is 10.4. The van der Waals surface area contributed by atoms with Gasteiger partial charge in [-0.05, 0) is 43.5 Å². The van der Waals surface area contributed by atoms with Crippen molar-refractivity contribution in [2.45, 2.75) is 155 Å². The lowest BCUT2D eigenvalue weighted by Crippen LogP contribution is -2.02. The van der Waals surface area contributed by atoms with Crippen LogP contribution in [0.4, 0.5) is 0 Å². The van der Waals surface area contributed by atoms with Crippen LogP contribution in [0.3, 0.4) is 0 Å². The van der Waals surface area contributed by atoms with Crippen LogP contribution in [-0.4, -0.2) is 30.6 Å². The van der Waals surface area contributed by atoms with Gasteiger partial charge in [-0.2, -0.15) is 0 Å². The summed E-state index contributed by atoms with van der Waals surface area (Å²) in [6.45, 7) is 2.16. The molecule has 0 bridgehead atoms. The molecule has 0 atom stereocenters. The number of unbranched alkanes of at least 4 members (excludes halogenated alkanes) is 21. The molecule has 0 aromatic heterocycles. The number of carbonyl (C=O) groups excluding carboxylic acids is 2. The number of hydrogen-bond acceptors (Lipinski definition) is 5.